The third kappa shape index (κ3) is 3.72. The highest BCUT2D eigenvalue weighted by molar-refractivity contribution is 5.80. The molecule has 0 atom stereocenters. The number of piperidine rings is 1. The number of nitrogens with two attached hydrogens (primary N) is 1. The van der Waals surface area contributed by atoms with E-state index >= 15 is 0 Å². The molecule has 4 N–H and O–H groups in total. The molecule has 2 amide bonds. The second kappa shape index (κ2) is 4.72. The number of nitrogens with one attached hydrogen (secondary N) is 2. The first-order valence-corrected chi connectivity index (χ1v) is 5.70. The number of nitrogens with zero attached hydrogens (tertiary/aromatic N) is 1. The molecule has 0 saturated carbocycles. The van der Waals surface area contributed by atoms with Crippen molar-refractivity contribution < 1.29 is 4.79 Å². The van der Waals surface area contributed by atoms with Gasteiger partial charge in [0.2, 0.25) is 0 Å². The van der Waals surface area contributed by atoms with Gasteiger partial charge in [-0.25, -0.2) is 4.79 Å². The molecule has 1 heterocycles. The summed E-state index contributed by atoms with van der Waals surface area (Å²) in [7, 11) is 0. The Hall–Kier alpha value is -1.26. The molecule has 0 radical (unpaired) electrons. The van der Waals surface area contributed by atoms with Gasteiger partial charge in [-0.15, -0.1) is 0 Å². The van der Waals surface area contributed by atoms with Crippen molar-refractivity contribution >= 4 is 11.9 Å². The third-order valence-electron chi connectivity index (χ3n) is 2.70. The second-order valence-electron chi connectivity index (χ2n) is 5.40. The van der Waals surface area contributed by atoms with E-state index in [9.17, 15) is 4.79 Å². The quantitative estimate of drug-likeness (QED) is 0.463. The predicted molar refractivity (Wildman–Crippen MR) is 64.5 cm³/mol. The van der Waals surface area contributed by atoms with Crippen LogP contribution in [0.5, 0.6) is 0 Å². The Kier molecular flexibility index (Phi) is 3.78. The molecule has 92 valence electrons. The molecule has 1 fully saturated rings. The van der Waals surface area contributed by atoms with E-state index in [-0.39, 0.29) is 23.3 Å². The number of urea groups is 1. The maximum absolute atomic E-state index is 11.8. The standard InChI is InChI=1S/C11H22N4O/c1-11(2,3)14-10(16)15-6-4-8(5-7-15)9(12)13/h8H,4-7H2,1-3H3,(H3,12,13)(H,14,16). The van der Waals surface area contributed by atoms with Crippen LogP contribution in [0, 0.1) is 11.3 Å². The summed E-state index contributed by atoms with van der Waals surface area (Å²) in [5.41, 5.74) is 5.25. The molecular weight excluding hydrogens is 204 g/mol. The predicted octanol–water partition coefficient (Wildman–Crippen LogP) is 1.14. The summed E-state index contributed by atoms with van der Waals surface area (Å²) in [6, 6.07) is -0.0190. The Morgan fingerprint density at radius 3 is 2.25 bits per heavy atom. The molecule has 1 rings (SSSR count). The maximum Gasteiger partial charge on any atom is 0.317 e. The molecule has 16 heavy (non-hydrogen) atoms. The summed E-state index contributed by atoms with van der Waals surface area (Å²) in [6.07, 6.45) is 1.60. The van der Waals surface area contributed by atoms with Gasteiger partial charge >= 0.3 is 6.03 Å². The van der Waals surface area contributed by atoms with Crippen molar-refractivity contribution in [2.24, 2.45) is 11.7 Å². The van der Waals surface area contributed by atoms with Crippen LogP contribution in [0.25, 0.3) is 0 Å². The first-order chi connectivity index (χ1) is 7.29. The van der Waals surface area contributed by atoms with Crippen molar-refractivity contribution in [1.82, 2.24) is 10.2 Å². The normalized spacial score (nSPS) is 18.3. The molecule has 0 aromatic heterocycles. The van der Waals surface area contributed by atoms with Gasteiger partial charge in [0.15, 0.2) is 0 Å². The van der Waals surface area contributed by atoms with Crippen molar-refractivity contribution in [2.75, 3.05) is 13.1 Å². The highest BCUT2D eigenvalue weighted by Crippen LogP contribution is 2.17. The van der Waals surface area contributed by atoms with E-state index in [2.05, 4.69) is 5.32 Å². The Morgan fingerprint density at radius 1 is 1.38 bits per heavy atom. The topological polar surface area (TPSA) is 82.2 Å². The smallest absolute Gasteiger partial charge is 0.317 e. The van der Waals surface area contributed by atoms with Crippen LogP contribution in [0.3, 0.4) is 0 Å². The zero-order valence-electron chi connectivity index (χ0n) is 10.3. The van der Waals surface area contributed by atoms with E-state index in [0.717, 1.165) is 12.8 Å². The van der Waals surface area contributed by atoms with Gasteiger partial charge in [0, 0.05) is 24.5 Å². The van der Waals surface area contributed by atoms with Crippen molar-refractivity contribution in [3.05, 3.63) is 0 Å². The molecule has 1 aliphatic heterocycles. The first kappa shape index (κ1) is 12.8. The number of amides is 2. The molecular formula is C11H22N4O. The fraction of sp³-hybridized carbons (Fsp3) is 0.818. The lowest BCUT2D eigenvalue weighted by molar-refractivity contribution is 0.172. The molecule has 5 heteroatoms. The number of carbonyl (C=O) groups excluding carboxylic acids is 1. The zero-order valence-corrected chi connectivity index (χ0v) is 10.3. The molecule has 1 saturated heterocycles. The van der Waals surface area contributed by atoms with E-state index in [4.69, 9.17) is 11.1 Å². The number of likely N-dealkylation sites (tertiary alicyclic amines) is 1. The zero-order chi connectivity index (χ0) is 12.3. The van der Waals surface area contributed by atoms with Gasteiger partial charge in [-0.3, -0.25) is 5.41 Å². The van der Waals surface area contributed by atoms with Gasteiger partial charge in [-0.05, 0) is 33.6 Å². The van der Waals surface area contributed by atoms with Gasteiger partial charge in [0.05, 0.1) is 5.84 Å². The molecule has 0 aliphatic carbocycles. The Balaban J connectivity index is 2.42. The largest absolute Gasteiger partial charge is 0.387 e. The minimum atomic E-state index is -0.200. The molecule has 0 spiro atoms. The summed E-state index contributed by atoms with van der Waals surface area (Å²) >= 11 is 0. The van der Waals surface area contributed by atoms with Gasteiger partial charge < -0.3 is 16.0 Å². The highest BCUT2D eigenvalue weighted by Gasteiger charge is 2.26. The Labute approximate surface area is 96.9 Å². The number of hydrogen-bond acceptors (Lipinski definition) is 2. The second-order valence-corrected chi connectivity index (χ2v) is 5.40. The van der Waals surface area contributed by atoms with E-state index < -0.39 is 0 Å². The number of hydrogen-bond donors (Lipinski definition) is 3. The summed E-state index contributed by atoms with van der Waals surface area (Å²) < 4.78 is 0. The van der Waals surface area contributed by atoms with Crippen LogP contribution in [0.2, 0.25) is 0 Å². The minimum Gasteiger partial charge on any atom is -0.387 e. The lowest BCUT2D eigenvalue weighted by Crippen LogP contribution is -2.51. The SMILES string of the molecule is CC(C)(C)NC(=O)N1CCC(C(=N)N)CC1. The average molecular weight is 226 g/mol. The molecule has 0 bridgehead atoms. The number of carbonyl (C=O) groups is 1. The molecule has 0 unspecified atom stereocenters. The summed E-state index contributed by atoms with van der Waals surface area (Å²) in [5.74, 6) is 0.398. The molecule has 1 aliphatic rings. The number of amidine groups is 1. The monoisotopic (exact) mass is 226 g/mol. The lowest BCUT2D eigenvalue weighted by atomic mass is 9.96. The van der Waals surface area contributed by atoms with Crippen LogP contribution in [0.1, 0.15) is 33.6 Å². The van der Waals surface area contributed by atoms with Gasteiger partial charge in [0.1, 0.15) is 0 Å². The Morgan fingerprint density at radius 2 is 1.88 bits per heavy atom. The highest BCUT2D eigenvalue weighted by atomic mass is 16.2. The van der Waals surface area contributed by atoms with Crippen molar-refractivity contribution in [3.8, 4) is 0 Å². The van der Waals surface area contributed by atoms with Crippen LogP contribution < -0.4 is 11.1 Å². The Bertz CT molecular complexity index is 274. The van der Waals surface area contributed by atoms with Gasteiger partial charge in [0.25, 0.3) is 0 Å². The minimum absolute atomic E-state index is 0.0190. The molecule has 0 aromatic carbocycles. The molecule has 5 nitrogen and oxygen atoms in total. The van der Waals surface area contributed by atoms with Crippen LogP contribution in [-0.2, 0) is 0 Å². The van der Waals surface area contributed by atoms with Crippen LogP contribution >= 0.6 is 0 Å². The fourth-order valence-electron chi connectivity index (χ4n) is 1.79. The summed E-state index contributed by atoms with van der Waals surface area (Å²) in [5, 5.41) is 10.3. The first-order valence-electron chi connectivity index (χ1n) is 5.70. The average Bonchev–Trinajstić information content (AvgIpc) is 2.15. The van der Waals surface area contributed by atoms with Gasteiger partial charge in [-0.2, -0.15) is 0 Å². The van der Waals surface area contributed by atoms with Crippen LogP contribution in [-0.4, -0.2) is 35.4 Å². The van der Waals surface area contributed by atoms with E-state index in [1.165, 1.54) is 0 Å². The van der Waals surface area contributed by atoms with Crippen molar-refractivity contribution in [1.29, 1.82) is 5.41 Å². The lowest BCUT2D eigenvalue weighted by Gasteiger charge is -2.33. The summed E-state index contributed by atoms with van der Waals surface area (Å²) in [6.45, 7) is 7.27. The van der Waals surface area contributed by atoms with E-state index in [1.807, 2.05) is 20.8 Å². The van der Waals surface area contributed by atoms with Crippen LogP contribution in [0.15, 0.2) is 0 Å². The van der Waals surface area contributed by atoms with Gasteiger partial charge in [-0.1, -0.05) is 0 Å². The molecule has 0 aromatic rings. The van der Waals surface area contributed by atoms with E-state index in [0.29, 0.717) is 13.1 Å². The van der Waals surface area contributed by atoms with E-state index in [1.54, 1.807) is 4.90 Å². The number of rotatable bonds is 1. The fourth-order valence-corrected chi connectivity index (χ4v) is 1.79. The van der Waals surface area contributed by atoms with Crippen molar-refractivity contribution in [3.63, 3.8) is 0 Å². The third-order valence-corrected chi connectivity index (χ3v) is 2.70. The van der Waals surface area contributed by atoms with Crippen molar-refractivity contribution in [2.45, 2.75) is 39.2 Å². The maximum atomic E-state index is 11.8. The summed E-state index contributed by atoms with van der Waals surface area (Å²) in [4.78, 5) is 13.6. The van der Waals surface area contributed by atoms with Crippen LogP contribution in [0.4, 0.5) is 4.79 Å².